The molecule has 23 heavy (non-hydrogen) atoms. The van der Waals surface area contributed by atoms with E-state index in [1.54, 1.807) is 23.7 Å². The number of nitrogens with zero attached hydrogens (tertiary/aromatic N) is 2. The Balaban J connectivity index is 0.00000264. The Kier molecular flexibility index (Phi) is 6.72. The van der Waals surface area contributed by atoms with Crippen molar-refractivity contribution in [2.75, 3.05) is 13.6 Å². The fraction of sp³-hybridized carbons (Fsp3) is 0.375. The first kappa shape index (κ1) is 19.1. The summed E-state index contributed by atoms with van der Waals surface area (Å²) < 4.78 is 14.7. The Morgan fingerprint density at radius 1 is 1.30 bits per heavy atom. The molecule has 0 fully saturated rings. The minimum absolute atomic E-state index is 0. The maximum Gasteiger partial charge on any atom is 0.255 e. The predicted molar refractivity (Wildman–Crippen MR) is 91.1 cm³/mol. The van der Waals surface area contributed by atoms with Crippen molar-refractivity contribution in [2.24, 2.45) is 0 Å². The highest BCUT2D eigenvalue weighted by atomic mass is 35.5. The van der Waals surface area contributed by atoms with Crippen LogP contribution in [0, 0.1) is 19.7 Å². The van der Waals surface area contributed by atoms with Gasteiger partial charge in [-0.3, -0.25) is 4.79 Å². The number of carbonyl (C=O) groups excluding carboxylic acids is 1. The van der Waals surface area contributed by atoms with Crippen LogP contribution in [0.2, 0.25) is 0 Å². The number of benzene rings is 1. The standard InChI is InChI=1S/C16H21FN4O.ClH/c1-10(18-4)9-19-16(22)15-11(2)20-21(12(15)3)14-7-5-13(17)6-8-14;/h5-8,10,18H,9H2,1-4H3,(H,19,22);1H. The summed E-state index contributed by atoms with van der Waals surface area (Å²) in [6.45, 7) is 6.15. The molecule has 2 rings (SSSR count). The first-order valence-electron chi connectivity index (χ1n) is 7.21. The first-order chi connectivity index (χ1) is 10.4. The van der Waals surface area contributed by atoms with E-state index in [1.807, 2.05) is 20.9 Å². The van der Waals surface area contributed by atoms with Crippen molar-refractivity contribution in [1.29, 1.82) is 0 Å². The highest BCUT2D eigenvalue weighted by Gasteiger charge is 2.19. The number of amides is 1. The molecule has 1 heterocycles. The van der Waals surface area contributed by atoms with Crippen LogP contribution in [-0.4, -0.2) is 35.3 Å². The lowest BCUT2D eigenvalue weighted by Gasteiger charge is -2.11. The van der Waals surface area contributed by atoms with Gasteiger partial charge in [-0.05, 0) is 52.1 Å². The van der Waals surface area contributed by atoms with E-state index in [-0.39, 0.29) is 30.2 Å². The molecular weight excluding hydrogens is 319 g/mol. The number of hydrogen-bond donors (Lipinski definition) is 2. The summed E-state index contributed by atoms with van der Waals surface area (Å²) in [7, 11) is 1.85. The van der Waals surface area contributed by atoms with Gasteiger partial charge >= 0.3 is 0 Å². The molecule has 0 spiro atoms. The number of aromatic nitrogens is 2. The molecule has 1 amide bonds. The lowest BCUT2D eigenvalue weighted by molar-refractivity contribution is 0.0949. The van der Waals surface area contributed by atoms with Crippen LogP contribution in [0.1, 0.15) is 28.7 Å². The van der Waals surface area contributed by atoms with Crippen molar-refractivity contribution in [1.82, 2.24) is 20.4 Å². The molecule has 1 aromatic carbocycles. The average Bonchev–Trinajstić information content (AvgIpc) is 2.80. The average molecular weight is 341 g/mol. The van der Waals surface area contributed by atoms with E-state index in [0.717, 1.165) is 11.4 Å². The third-order valence-corrected chi connectivity index (χ3v) is 3.65. The monoisotopic (exact) mass is 340 g/mol. The maximum atomic E-state index is 13.0. The van der Waals surface area contributed by atoms with Crippen molar-refractivity contribution in [3.63, 3.8) is 0 Å². The van der Waals surface area contributed by atoms with Crippen LogP contribution in [-0.2, 0) is 0 Å². The van der Waals surface area contributed by atoms with Gasteiger partial charge in [0.1, 0.15) is 5.82 Å². The van der Waals surface area contributed by atoms with E-state index < -0.39 is 0 Å². The van der Waals surface area contributed by atoms with Crippen LogP contribution in [0.3, 0.4) is 0 Å². The molecular formula is C16H22ClFN4O. The van der Waals surface area contributed by atoms with Crippen LogP contribution in [0.25, 0.3) is 5.69 Å². The zero-order valence-corrected chi connectivity index (χ0v) is 14.5. The number of carbonyl (C=O) groups is 1. The summed E-state index contributed by atoms with van der Waals surface area (Å²) >= 11 is 0. The van der Waals surface area contributed by atoms with Crippen LogP contribution < -0.4 is 10.6 Å². The zero-order chi connectivity index (χ0) is 16.3. The molecule has 0 aliphatic carbocycles. The van der Waals surface area contributed by atoms with Gasteiger partial charge in [-0.25, -0.2) is 9.07 Å². The fourth-order valence-corrected chi connectivity index (χ4v) is 2.24. The Labute approximate surface area is 141 Å². The molecule has 5 nitrogen and oxygen atoms in total. The molecule has 1 unspecified atom stereocenters. The van der Waals surface area contributed by atoms with Gasteiger partial charge in [0.25, 0.3) is 5.91 Å². The van der Waals surface area contributed by atoms with Crippen LogP contribution >= 0.6 is 12.4 Å². The van der Waals surface area contributed by atoms with Gasteiger partial charge in [0.2, 0.25) is 0 Å². The van der Waals surface area contributed by atoms with E-state index in [4.69, 9.17) is 0 Å². The van der Waals surface area contributed by atoms with Gasteiger partial charge in [0.05, 0.1) is 22.6 Å². The molecule has 2 aromatic rings. The highest BCUT2D eigenvalue weighted by Crippen LogP contribution is 2.18. The van der Waals surface area contributed by atoms with Crippen LogP contribution in [0.15, 0.2) is 24.3 Å². The molecule has 7 heteroatoms. The molecule has 126 valence electrons. The van der Waals surface area contributed by atoms with Gasteiger partial charge in [0.15, 0.2) is 0 Å². The van der Waals surface area contributed by atoms with Crippen molar-refractivity contribution >= 4 is 18.3 Å². The number of aryl methyl sites for hydroxylation is 1. The number of hydrogen-bond acceptors (Lipinski definition) is 3. The number of rotatable bonds is 5. The number of likely N-dealkylation sites (N-methyl/N-ethyl adjacent to an activating group) is 1. The van der Waals surface area contributed by atoms with Crippen molar-refractivity contribution in [3.05, 3.63) is 47.0 Å². The molecule has 0 aliphatic rings. The lowest BCUT2D eigenvalue weighted by atomic mass is 10.1. The Morgan fingerprint density at radius 2 is 1.91 bits per heavy atom. The Bertz CT molecular complexity index is 669. The normalized spacial score (nSPS) is 11.7. The summed E-state index contributed by atoms with van der Waals surface area (Å²) in [5, 5.41) is 10.4. The quantitative estimate of drug-likeness (QED) is 0.878. The Hall–Kier alpha value is -1.92. The fourth-order valence-electron chi connectivity index (χ4n) is 2.24. The first-order valence-corrected chi connectivity index (χ1v) is 7.21. The second-order valence-electron chi connectivity index (χ2n) is 5.33. The Morgan fingerprint density at radius 3 is 2.48 bits per heavy atom. The largest absolute Gasteiger partial charge is 0.350 e. The van der Waals surface area contributed by atoms with E-state index in [1.165, 1.54) is 12.1 Å². The summed E-state index contributed by atoms with van der Waals surface area (Å²) in [6, 6.07) is 6.22. The lowest BCUT2D eigenvalue weighted by Crippen LogP contribution is -2.37. The van der Waals surface area contributed by atoms with Crippen LogP contribution in [0.4, 0.5) is 4.39 Å². The van der Waals surface area contributed by atoms with Crippen molar-refractivity contribution < 1.29 is 9.18 Å². The third kappa shape index (κ3) is 4.30. The van der Waals surface area contributed by atoms with Gasteiger partial charge < -0.3 is 10.6 Å². The molecule has 0 bridgehead atoms. The summed E-state index contributed by atoms with van der Waals surface area (Å²) in [6.07, 6.45) is 0. The molecule has 0 aliphatic heterocycles. The van der Waals surface area contributed by atoms with E-state index in [9.17, 15) is 9.18 Å². The number of nitrogens with one attached hydrogen (secondary N) is 2. The highest BCUT2D eigenvalue weighted by molar-refractivity contribution is 5.96. The van der Waals surface area contributed by atoms with E-state index in [0.29, 0.717) is 17.8 Å². The molecule has 0 saturated heterocycles. The van der Waals surface area contributed by atoms with E-state index in [2.05, 4.69) is 15.7 Å². The van der Waals surface area contributed by atoms with Gasteiger partial charge in [-0.2, -0.15) is 5.10 Å². The second-order valence-corrected chi connectivity index (χ2v) is 5.33. The predicted octanol–water partition coefficient (Wildman–Crippen LogP) is 2.39. The molecule has 1 aromatic heterocycles. The van der Waals surface area contributed by atoms with Gasteiger partial charge in [-0.15, -0.1) is 12.4 Å². The molecule has 0 saturated carbocycles. The SMILES string of the molecule is CNC(C)CNC(=O)c1c(C)nn(-c2ccc(F)cc2)c1C.Cl. The minimum atomic E-state index is -0.302. The van der Waals surface area contributed by atoms with Crippen LogP contribution in [0.5, 0.6) is 0 Å². The smallest absolute Gasteiger partial charge is 0.255 e. The number of halogens is 2. The van der Waals surface area contributed by atoms with E-state index >= 15 is 0 Å². The molecule has 1 atom stereocenters. The third-order valence-electron chi connectivity index (χ3n) is 3.65. The maximum absolute atomic E-state index is 13.0. The summed E-state index contributed by atoms with van der Waals surface area (Å²) in [4.78, 5) is 12.4. The second kappa shape index (κ2) is 8.08. The van der Waals surface area contributed by atoms with Crippen molar-refractivity contribution in [3.8, 4) is 5.69 Å². The van der Waals surface area contributed by atoms with Crippen molar-refractivity contribution in [2.45, 2.75) is 26.8 Å². The van der Waals surface area contributed by atoms with Gasteiger partial charge in [0, 0.05) is 12.6 Å². The van der Waals surface area contributed by atoms with Gasteiger partial charge in [-0.1, -0.05) is 0 Å². The summed E-state index contributed by atoms with van der Waals surface area (Å²) in [5.41, 5.74) is 2.67. The zero-order valence-electron chi connectivity index (χ0n) is 13.7. The topological polar surface area (TPSA) is 58.9 Å². The molecule has 2 N–H and O–H groups in total. The summed E-state index contributed by atoms with van der Waals surface area (Å²) in [5.74, 6) is -0.449. The molecule has 0 radical (unpaired) electrons. The minimum Gasteiger partial charge on any atom is -0.350 e.